The van der Waals surface area contributed by atoms with E-state index in [2.05, 4.69) is 29.1 Å². The van der Waals surface area contributed by atoms with Crippen LogP contribution in [0.2, 0.25) is 0 Å². The third kappa shape index (κ3) is 3.59. The molecule has 0 bridgehead atoms. The zero-order chi connectivity index (χ0) is 14.1. The number of amides is 1. The third-order valence-electron chi connectivity index (χ3n) is 4.40. The van der Waals surface area contributed by atoms with Gasteiger partial charge in [-0.3, -0.25) is 4.79 Å². The zero-order valence-electron chi connectivity index (χ0n) is 12.5. The molecule has 1 aromatic rings. The van der Waals surface area contributed by atoms with Gasteiger partial charge in [0.15, 0.2) is 0 Å². The van der Waals surface area contributed by atoms with Crippen molar-refractivity contribution < 1.29 is 9.53 Å². The molecule has 0 aromatic carbocycles. The summed E-state index contributed by atoms with van der Waals surface area (Å²) in [6, 6.07) is 2.09. The monoisotopic (exact) mass is 330 g/mol. The van der Waals surface area contributed by atoms with Crippen molar-refractivity contribution >= 4 is 29.7 Å². The maximum absolute atomic E-state index is 12.6. The lowest BCUT2D eigenvalue weighted by Gasteiger charge is -2.40. The van der Waals surface area contributed by atoms with Crippen molar-refractivity contribution in [1.82, 2.24) is 10.2 Å². The molecule has 2 aliphatic rings. The number of thiophene rings is 1. The van der Waals surface area contributed by atoms with E-state index in [-0.39, 0.29) is 36.4 Å². The quantitative estimate of drug-likeness (QED) is 0.924. The molecule has 6 heteroatoms. The van der Waals surface area contributed by atoms with Gasteiger partial charge in [-0.2, -0.15) is 11.3 Å². The van der Waals surface area contributed by atoms with Gasteiger partial charge in [0.25, 0.3) is 0 Å². The highest BCUT2D eigenvalue weighted by Crippen LogP contribution is 2.28. The molecule has 3 rings (SSSR count). The van der Waals surface area contributed by atoms with Crippen LogP contribution in [0.25, 0.3) is 0 Å². The number of carbonyl (C=O) groups excluding carboxylic acids is 1. The first-order chi connectivity index (χ1) is 9.65. The predicted octanol–water partition coefficient (Wildman–Crippen LogP) is 2.31. The van der Waals surface area contributed by atoms with E-state index in [4.69, 9.17) is 4.74 Å². The standard InChI is InChI=1S/C15H22N2O2S.ClH/c1-10-7-17(15(18)11(2)13-5-16-6-13)8-14(19-10)12-3-4-20-9-12;/h3-4,9-11,13-14,16H,5-8H2,1-2H3;1H. The van der Waals surface area contributed by atoms with Crippen LogP contribution in [0.1, 0.15) is 25.5 Å². The fourth-order valence-electron chi connectivity index (χ4n) is 2.93. The van der Waals surface area contributed by atoms with Gasteiger partial charge in [-0.25, -0.2) is 0 Å². The Kier molecular flexibility index (Phi) is 5.66. The molecule has 1 amide bonds. The first-order valence-electron chi connectivity index (χ1n) is 7.32. The molecule has 3 atom stereocenters. The molecule has 1 N–H and O–H groups in total. The molecule has 0 radical (unpaired) electrons. The maximum atomic E-state index is 12.6. The van der Waals surface area contributed by atoms with Crippen molar-refractivity contribution in [3.8, 4) is 0 Å². The van der Waals surface area contributed by atoms with E-state index in [1.54, 1.807) is 11.3 Å². The topological polar surface area (TPSA) is 41.6 Å². The van der Waals surface area contributed by atoms with Gasteiger partial charge >= 0.3 is 0 Å². The Labute approximate surface area is 136 Å². The molecule has 3 unspecified atom stereocenters. The van der Waals surface area contributed by atoms with Crippen molar-refractivity contribution in [2.24, 2.45) is 11.8 Å². The number of nitrogens with one attached hydrogen (secondary N) is 1. The first kappa shape index (κ1) is 16.7. The highest BCUT2D eigenvalue weighted by Gasteiger charge is 2.35. The fraction of sp³-hybridized carbons (Fsp3) is 0.667. The number of halogens is 1. The molecular formula is C15H23ClN2O2S. The molecule has 4 nitrogen and oxygen atoms in total. The summed E-state index contributed by atoms with van der Waals surface area (Å²) in [4.78, 5) is 14.6. The Bertz CT molecular complexity index is 464. The lowest BCUT2D eigenvalue weighted by molar-refractivity contribution is -0.150. The molecular weight excluding hydrogens is 308 g/mol. The van der Waals surface area contributed by atoms with Crippen molar-refractivity contribution in [2.75, 3.05) is 26.2 Å². The second kappa shape index (κ2) is 7.09. The lowest BCUT2D eigenvalue weighted by atomic mass is 9.87. The van der Waals surface area contributed by atoms with E-state index in [1.807, 2.05) is 11.8 Å². The Hall–Kier alpha value is -0.620. The lowest BCUT2D eigenvalue weighted by Crippen LogP contribution is -2.53. The van der Waals surface area contributed by atoms with Crippen LogP contribution < -0.4 is 5.32 Å². The molecule has 1 aromatic heterocycles. The Morgan fingerprint density at radius 2 is 2.24 bits per heavy atom. The Morgan fingerprint density at radius 1 is 1.48 bits per heavy atom. The summed E-state index contributed by atoms with van der Waals surface area (Å²) in [7, 11) is 0. The van der Waals surface area contributed by atoms with Gasteiger partial charge < -0.3 is 15.0 Å². The van der Waals surface area contributed by atoms with Crippen molar-refractivity contribution in [1.29, 1.82) is 0 Å². The normalized spacial score (nSPS) is 27.6. The summed E-state index contributed by atoms with van der Waals surface area (Å²) in [5.74, 6) is 0.900. The second-order valence-corrected chi connectivity index (χ2v) is 6.72. The maximum Gasteiger partial charge on any atom is 0.225 e. The summed E-state index contributed by atoms with van der Waals surface area (Å²) in [5.41, 5.74) is 1.19. The molecule has 2 aliphatic heterocycles. The average Bonchev–Trinajstić information content (AvgIpc) is 2.88. The summed E-state index contributed by atoms with van der Waals surface area (Å²) < 4.78 is 5.99. The number of morpholine rings is 1. The zero-order valence-corrected chi connectivity index (χ0v) is 14.1. The molecule has 118 valence electrons. The number of rotatable bonds is 3. The number of nitrogens with zero attached hydrogens (tertiary/aromatic N) is 1. The van der Waals surface area contributed by atoms with Crippen LogP contribution in [0.15, 0.2) is 16.8 Å². The van der Waals surface area contributed by atoms with Crippen LogP contribution in [0.5, 0.6) is 0 Å². The summed E-state index contributed by atoms with van der Waals surface area (Å²) >= 11 is 1.68. The van der Waals surface area contributed by atoms with Gasteiger partial charge in [-0.05, 0) is 48.3 Å². The van der Waals surface area contributed by atoms with Gasteiger partial charge in [0, 0.05) is 12.5 Å². The van der Waals surface area contributed by atoms with Crippen LogP contribution in [0.4, 0.5) is 0 Å². The number of hydrogen-bond donors (Lipinski definition) is 1. The van der Waals surface area contributed by atoms with E-state index in [1.165, 1.54) is 5.56 Å². The minimum atomic E-state index is 0. The van der Waals surface area contributed by atoms with Gasteiger partial charge in [0.05, 0.1) is 12.6 Å². The highest BCUT2D eigenvalue weighted by molar-refractivity contribution is 7.07. The van der Waals surface area contributed by atoms with Crippen molar-refractivity contribution in [2.45, 2.75) is 26.1 Å². The number of carbonyl (C=O) groups is 1. The highest BCUT2D eigenvalue weighted by atomic mass is 35.5. The van der Waals surface area contributed by atoms with E-state index in [9.17, 15) is 4.79 Å². The molecule has 0 aliphatic carbocycles. The molecule has 2 saturated heterocycles. The van der Waals surface area contributed by atoms with Gasteiger partial charge in [-0.15, -0.1) is 12.4 Å². The molecule has 2 fully saturated rings. The molecule has 3 heterocycles. The average molecular weight is 331 g/mol. The minimum absolute atomic E-state index is 0. The summed E-state index contributed by atoms with van der Waals surface area (Å²) in [6.45, 7) is 7.46. The van der Waals surface area contributed by atoms with E-state index < -0.39 is 0 Å². The molecule has 0 spiro atoms. The fourth-order valence-corrected chi connectivity index (χ4v) is 3.63. The van der Waals surface area contributed by atoms with Crippen LogP contribution in [-0.2, 0) is 9.53 Å². The van der Waals surface area contributed by atoms with Crippen molar-refractivity contribution in [3.05, 3.63) is 22.4 Å². The summed E-state index contributed by atoms with van der Waals surface area (Å²) in [5, 5.41) is 7.42. The van der Waals surface area contributed by atoms with E-state index in [0.29, 0.717) is 19.0 Å². The smallest absolute Gasteiger partial charge is 0.225 e. The van der Waals surface area contributed by atoms with Crippen molar-refractivity contribution in [3.63, 3.8) is 0 Å². The first-order valence-corrected chi connectivity index (χ1v) is 8.26. The number of ether oxygens (including phenoxy) is 1. The molecule has 0 saturated carbocycles. The Morgan fingerprint density at radius 3 is 2.81 bits per heavy atom. The number of hydrogen-bond acceptors (Lipinski definition) is 4. The van der Waals surface area contributed by atoms with E-state index in [0.717, 1.165) is 13.1 Å². The SMILES string of the molecule is CC1CN(C(=O)C(C)C2CNC2)CC(c2ccsc2)O1.Cl. The van der Waals surface area contributed by atoms with Crippen LogP contribution in [0, 0.1) is 11.8 Å². The predicted molar refractivity (Wildman–Crippen MR) is 87.0 cm³/mol. The van der Waals surface area contributed by atoms with Crippen LogP contribution in [-0.4, -0.2) is 43.1 Å². The van der Waals surface area contributed by atoms with E-state index >= 15 is 0 Å². The Balaban J connectivity index is 0.00000161. The summed E-state index contributed by atoms with van der Waals surface area (Å²) in [6.07, 6.45) is 0.130. The largest absolute Gasteiger partial charge is 0.367 e. The second-order valence-electron chi connectivity index (χ2n) is 5.94. The van der Waals surface area contributed by atoms with Gasteiger partial charge in [0.1, 0.15) is 6.10 Å². The van der Waals surface area contributed by atoms with Crippen LogP contribution >= 0.6 is 23.7 Å². The van der Waals surface area contributed by atoms with Crippen LogP contribution in [0.3, 0.4) is 0 Å². The molecule has 21 heavy (non-hydrogen) atoms. The van der Waals surface area contributed by atoms with Gasteiger partial charge in [0.2, 0.25) is 5.91 Å². The van der Waals surface area contributed by atoms with Gasteiger partial charge in [-0.1, -0.05) is 6.92 Å². The minimum Gasteiger partial charge on any atom is -0.367 e. The third-order valence-corrected chi connectivity index (χ3v) is 5.10.